The van der Waals surface area contributed by atoms with Gasteiger partial charge in [-0.2, -0.15) is 4.98 Å². The van der Waals surface area contributed by atoms with Crippen LogP contribution in [0, 0.1) is 6.92 Å². The van der Waals surface area contributed by atoms with Crippen molar-refractivity contribution in [3.63, 3.8) is 0 Å². The van der Waals surface area contributed by atoms with Crippen LogP contribution in [0.25, 0.3) is 17.2 Å². The third-order valence-electron chi connectivity index (χ3n) is 5.16. The summed E-state index contributed by atoms with van der Waals surface area (Å²) in [6, 6.07) is 13.6. The second kappa shape index (κ2) is 7.14. The summed E-state index contributed by atoms with van der Waals surface area (Å²) in [5, 5.41) is 3.43. The second-order valence-electron chi connectivity index (χ2n) is 7.14. The molecule has 3 N–H and O–H groups in total. The number of ether oxygens (including phenoxy) is 1. The van der Waals surface area contributed by atoms with E-state index in [9.17, 15) is 4.79 Å². The van der Waals surface area contributed by atoms with Gasteiger partial charge in [-0.3, -0.25) is 9.20 Å². The lowest BCUT2D eigenvalue weighted by Gasteiger charge is -2.12. The molecule has 0 spiro atoms. The fourth-order valence-corrected chi connectivity index (χ4v) is 3.73. The van der Waals surface area contributed by atoms with Gasteiger partial charge in [-0.15, -0.1) is 0 Å². The summed E-state index contributed by atoms with van der Waals surface area (Å²) in [6.45, 7) is 3.08. The molecule has 0 saturated carbocycles. The molecule has 8 nitrogen and oxygen atoms in total. The van der Waals surface area contributed by atoms with Crippen molar-refractivity contribution in [2.24, 2.45) is 5.73 Å². The Bertz CT molecular complexity index is 1270. The molecule has 1 aromatic carbocycles. The van der Waals surface area contributed by atoms with E-state index < -0.39 is 5.91 Å². The zero-order valence-corrected chi connectivity index (χ0v) is 16.4. The molecule has 3 aromatic heterocycles. The Morgan fingerprint density at radius 1 is 1.17 bits per heavy atom. The minimum absolute atomic E-state index is 0.353. The van der Waals surface area contributed by atoms with Crippen LogP contribution in [0.1, 0.15) is 27.2 Å². The van der Waals surface area contributed by atoms with Crippen LogP contribution in [-0.2, 0) is 13.0 Å². The number of nitrogens with two attached hydrogens (primary N) is 1. The molecule has 0 saturated heterocycles. The highest BCUT2D eigenvalue weighted by atomic mass is 16.5. The van der Waals surface area contributed by atoms with E-state index in [1.165, 1.54) is 0 Å². The van der Waals surface area contributed by atoms with Crippen molar-refractivity contribution >= 4 is 17.4 Å². The summed E-state index contributed by atoms with van der Waals surface area (Å²) in [5.74, 6) is 1.28. The monoisotopic (exact) mass is 400 g/mol. The molecule has 1 amide bonds. The highest BCUT2D eigenvalue weighted by Crippen LogP contribution is 2.33. The van der Waals surface area contributed by atoms with Crippen LogP contribution >= 0.6 is 0 Å². The molecule has 1 aliphatic heterocycles. The molecule has 0 aliphatic carbocycles. The number of carbonyl (C=O) groups is 1. The molecule has 1 aliphatic rings. The number of anilines is 1. The average Bonchev–Trinajstić information content (AvgIpc) is 3.35. The van der Waals surface area contributed by atoms with Crippen LogP contribution in [0.2, 0.25) is 0 Å². The van der Waals surface area contributed by atoms with Gasteiger partial charge in [0.1, 0.15) is 17.2 Å². The first-order chi connectivity index (χ1) is 14.6. The number of aromatic nitrogens is 4. The number of pyridine rings is 1. The molecule has 0 radical (unpaired) electrons. The fraction of sp³-hybridized carbons (Fsp3) is 0.182. The van der Waals surface area contributed by atoms with Gasteiger partial charge in [0.15, 0.2) is 5.82 Å². The number of hydrogen-bond donors (Lipinski definition) is 2. The van der Waals surface area contributed by atoms with E-state index >= 15 is 0 Å². The summed E-state index contributed by atoms with van der Waals surface area (Å²) in [6.07, 6.45) is 2.58. The van der Waals surface area contributed by atoms with Crippen LogP contribution in [0.4, 0.5) is 5.82 Å². The molecule has 30 heavy (non-hydrogen) atoms. The van der Waals surface area contributed by atoms with Gasteiger partial charge in [0, 0.05) is 19.2 Å². The number of hydrogen-bond acceptors (Lipinski definition) is 6. The van der Waals surface area contributed by atoms with Crippen LogP contribution in [0.3, 0.4) is 0 Å². The summed E-state index contributed by atoms with van der Waals surface area (Å²) < 4.78 is 7.55. The number of fused-ring (bicyclic) bond motifs is 2. The first-order valence-corrected chi connectivity index (χ1v) is 9.71. The standard InChI is InChI=1S/C22H20N6O2/c1-13-17(28-10-5-8-15(18(23)29)21(28)25-13)20-26-19(16-9-11-30-22(16)27-20)24-12-14-6-3-2-4-7-14/h2-8,10H,9,11-12H2,1H3,(H2,23,29)(H,24,26,27). The average molecular weight is 400 g/mol. The number of nitrogens with one attached hydrogen (secondary N) is 1. The first-order valence-electron chi connectivity index (χ1n) is 9.71. The van der Waals surface area contributed by atoms with Crippen molar-refractivity contribution in [2.75, 3.05) is 11.9 Å². The molecule has 0 fully saturated rings. The number of carbonyl (C=O) groups excluding carboxylic acids is 1. The molecular formula is C22H20N6O2. The summed E-state index contributed by atoms with van der Waals surface area (Å²) in [4.78, 5) is 25.8. The normalized spacial score (nSPS) is 12.6. The Hall–Kier alpha value is -3.94. The number of benzene rings is 1. The number of primary amides is 1. The highest BCUT2D eigenvalue weighted by Gasteiger charge is 2.24. The Labute approximate surface area is 172 Å². The van der Waals surface area contributed by atoms with Crippen molar-refractivity contribution in [3.8, 4) is 17.4 Å². The summed E-state index contributed by atoms with van der Waals surface area (Å²) >= 11 is 0. The number of nitrogens with zero attached hydrogens (tertiary/aromatic N) is 4. The maximum absolute atomic E-state index is 11.8. The Morgan fingerprint density at radius 2 is 2.00 bits per heavy atom. The Balaban J connectivity index is 1.61. The van der Waals surface area contributed by atoms with Gasteiger partial charge in [0.25, 0.3) is 5.91 Å². The van der Waals surface area contributed by atoms with E-state index in [1.807, 2.05) is 31.3 Å². The molecule has 150 valence electrons. The lowest BCUT2D eigenvalue weighted by molar-refractivity contribution is 0.100. The predicted molar refractivity (Wildman–Crippen MR) is 112 cm³/mol. The van der Waals surface area contributed by atoms with E-state index in [1.54, 1.807) is 16.5 Å². The fourth-order valence-electron chi connectivity index (χ4n) is 3.73. The van der Waals surface area contributed by atoms with Crippen LogP contribution < -0.4 is 15.8 Å². The zero-order chi connectivity index (χ0) is 20.7. The van der Waals surface area contributed by atoms with E-state index in [0.29, 0.717) is 47.5 Å². The highest BCUT2D eigenvalue weighted by molar-refractivity contribution is 5.99. The molecule has 4 aromatic rings. The smallest absolute Gasteiger partial charge is 0.252 e. The van der Waals surface area contributed by atoms with E-state index in [4.69, 9.17) is 15.5 Å². The van der Waals surface area contributed by atoms with Crippen LogP contribution in [-0.4, -0.2) is 31.9 Å². The molecular weight excluding hydrogens is 380 g/mol. The first kappa shape index (κ1) is 18.1. The van der Waals surface area contributed by atoms with Crippen molar-refractivity contribution in [2.45, 2.75) is 19.9 Å². The van der Waals surface area contributed by atoms with Crippen molar-refractivity contribution in [1.29, 1.82) is 0 Å². The second-order valence-corrected chi connectivity index (χ2v) is 7.14. The third-order valence-corrected chi connectivity index (χ3v) is 5.16. The number of rotatable bonds is 5. The van der Waals surface area contributed by atoms with E-state index in [2.05, 4.69) is 27.4 Å². The quantitative estimate of drug-likeness (QED) is 0.533. The van der Waals surface area contributed by atoms with Gasteiger partial charge < -0.3 is 15.8 Å². The van der Waals surface area contributed by atoms with Crippen molar-refractivity contribution < 1.29 is 9.53 Å². The molecule has 0 bridgehead atoms. The minimum Gasteiger partial charge on any atom is -0.477 e. The SMILES string of the molecule is Cc1nc2c(C(N)=O)cccn2c1-c1nc(NCc2ccccc2)c2c(n1)OCC2. The van der Waals surface area contributed by atoms with E-state index in [0.717, 1.165) is 23.4 Å². The molecule has 0 unspecified atom stereocenters. The minimum atomic E-state index is -0.527. The molecule has 4 heterocycles. The molecule has 8 heteroatoms. The summed E-state index contributed by atoms with van der Waals surface area (Å²) in [7, 11) is 0. The zero-order valence-electron chi connectivity index (χ0n) is 16.4. The van der Waals surface area contributed by atoms with Gasteiger partial charge in [-0.25, -0.2) is 9.97 Å². The van der Waals surface area contributed by atoms with E-state index in [-0.39, 0.29) is 0 Å². The topological polar surface area (TPSA) is 107 Å². The summed E-state index contributed by atoms with van der Waals surface area (Å²) in [5.41, 5.74) is 9.89. The van der Waals surface area contributed by atoms with Gasteiger partial charge >= 0.3 is 0 Å². The lowest BCUT2D eigenvalue weighted by atomic mass is 10.2. The maximum Gasteiger partial charge on any atom is 0.252 e. The maximum atomic E-state index is 11.8. The van der Waals surface area contributed by atoms with Crippen LogP contribution in [0.15, 0.2) is 48.7 Å². The van der Waals surface area contributed by atoms with Crippen LogP contribution in [0.5, 0.6) is 5.88 Å². The number of aryl methyl sites for hydroxylation is 1. The van der Waals surface area contributed by atoms with Gasteiger partial charge in [0.2, 0.25) is 5.88 Å². The van der Waals surface area contributed by atoms with Crippen molar-refractivity contribution in [3.05, 3.63) is 71.0 Å². The lowest BCUT2D eigenvalue weighted by Crippen LogP contribution is -2.12. The van der Waals surface area contributed by atoms with Gasteiger partial charge in [0.05, 0.1) is 23.4 Å². The number of amides is 1. The molecule has 0 atom stereocenters. The van der Waals surface area contributed by atoms with Gasteiger partial charge in [-0.1, -0.05) is 30.3 Å². The molecule has 5 rings (SSSR count). The van der Waals surface area contributed by atoms with Crippen molar-refractivity contribution in [1.82, 2.24) is 19.4 Å². The largest absolute Gasteiger partial charge is 0.477 e. The Morgan fingerprint density at radius 3 is 2.80 bits per heavy atom. The third kappa shape index (κ3) is 3.02. The predicted octanol–water partition coefficient (Wildman–Crippen LogP) is 2.75. The Kier molecular flexibility index (Phi) is 4.31. The van der Waals surface area contributed by atoms with Gasteiger partial charge in [-0.05, 0) is 24.6 Å². The number of imidazole rings is 1.